The summed E-state index contributed by atoms with van der Waals surface area (Å²) in [5, 5.41) is 21.6. The zero-order chi connectivity index (χ0) is 32.5. The Morgan fingerprint density at radius 1 is 0.977 bits per heavy atom. The molecule has 1 amide bonds. The van der Waals surface area contributed by atoms with Crippen LogP contribution in [0.15, 0.2) is 49.1 Å². The van der Waals surface area contributed by atoms with Crippen molar-refractivity contribution in [1.82, 2.24) is 0 Å². The highest BCUT2D eigenvalue weighted by Crippen LogP contribution is 2.35. The van der Waals surface area contributed by atoms with Crippen molar-refractivity contribution in [3.8, 4) is 0 Å². The molecule has 12 atom stereocenters. The van der Waals surface area contributed by atoms with Crippen molar-refractivity contribution < 1.29 is 38.7 Å². The maximum absolute atomic E-state index is 11.4. The van der Waals surface area contributed by atoms with E-state index >= 15 is 0 Å². The molecule has 0 unspecified atom stereocenters. The lowest BCUT2D eigenvalue weighted by Gasteiger charge is -2.43. The molecule has 1 heterocycles. The zero-order valence-electron chi connectivity index (χ0n) is 27.6. The molecule has 0 aromatic heterocycles. The van der Waals surface area contributed by atoms with Gasteiger partial charge in [0.25, 0.3) is 0 Å². The van der Waals surface area contributed by atoms with Crippen LogP contribution in [0.25, 0.3) is 0 Å². The number of methoxy groups -OCH3 is 2. The van der Waals surface area contributed by atoms with E-state index < -0.39 is 24.4 Å². The summed E-state index contributed by atoms with van der Waals surface area (Å²) in [5.74, 6) is -0.247. The molecule has 248 valence electrons. The van der Waals surface area contributed by atoms with Crippen molar-refractivity contribution in [2.75, 3.05) is 21.0 Å². The van der Waals surface area contributed by atoms with Crippen LogP contribution in [-0.4, -0.2) is 74.1 Å². The van der Waals surface area contributed by atoms with Gasteiger partial charge in [-0.2, -0.15) is 0 Å². The number of ether oxygens (including phenoxy) is 5. The highest BCUT2D eigenvalue weighted by Gasteiger charge is 2.42. The number of allylic oxidation sites excluding steroid dienone is 4. The Balaban J connectivity index is 2.58. The van der Waals surface area contributed by atoms with E-state index in [-0.39, 0.29) is 60.8 Å². The summed E-state index contributed by atoms with van der Waals surface area (Å²) in [6.07, 6.45) is 13.2. The highest BCUT2D eigenvalue weighted by molar-refractivity contribution is 5.64. The molecule has 1 fully saturated rings. The first-order valence-electron chi connectivity index (χ1n) is 15.6. The summed E-state index contributed by atoms with van der Waals surface area (Å²) in [6.45, 7) is 15.9. The molecule has 0 radical (unpaired) electrons. The molecular formula is C34H59NO8. The summed E-state index contributed by atoms with van der Waals surface area (Å²) in [4.78, 5) is 11.4. The number of aliphatic hydroxyl groups is 2. The number of primary amides is 1. The van der Waals surface area contributed by atoms with Crippen LogP contribution in [0, 0.1) is 35.5 Å². The highest BCUT2D eigenvalue weighted by atomic mass is 16.7. The number of nitrogens with two attached hydrogens (primary N) is 1. The molecule has 4 N–H and O–H groups in total. The van der Waals surface area contributed by atoms with Crippen LogP contribution in [0.2, 0.25) is 0 Å². The fraction of sp³-hybridized carbons (Fsp3) is 0.735. The summed E-state index contributed by atoms with van der Waals surface area (Å²) in [5.41, 5.74) is 5.27. The van der Waals surface area contributed by atoms with Gasteiger partial charge in [0.05, 0.1) is 24.4 Å². The minimum absolute atomic E-state index is 0.00253. The molecule has 1 aliphatic rings. The summed E-state index contributed by atoms with van der Waals surface area (Å²) >= 11 is 0. The third-order valence-electron chi connectivity index (χ3n) is 8.62. The number of carbonyl (C=O) groups excluding carboxylic acids is 1. The van der Waals surface area contributed by atoms with E-state index in [9.17, 15) is 15.0 Å². The van der Waals surface area contributed by atoms with E-state index in [2.05, 4.69) is 32.6 Å². The first-order valence-corrected chi connectivity index (χ1v) is 15.6. The van der Waals surface area contributed by atoms with E-state index in [0.29, 0.717) is 12.8 Å². The first kappa shape index (κ1) is 39.0. The molecule has 0 aliphatic carbocycles. The Morgan fingerprint density at radius 2 is 1.60 bits per heavy atom. The van der Waals surface area contributed by atoms with E-state index in [0.717, 1.165) is 12.8 Å². The van der Waals surface area contributed by atoms with Gasteiger partial charge in [0.1, 0.15) is 12.9 Å². The Hall–Kier alpha value is -2.01. The number of hydrogen-bond acceptors (Lipinski definition) is 8. The number of carbonyl (C=O) groups is 1. The number of rotatable bonds is 20. The first-order chi connectivity index (χ1) is 20.4. The van der Waals surface area contributed by atoms with Crippen LogP contribution >= 0.6 is 0 Å². The van der Waals surface area contributed by atoms with Crippen molar-refractivity contribution in [2.24, 2.45) is 41.2 Å². The van der Waals surface area contributed by atoms with E-state index in [1.54, 1.807) is 26.4 Å². The van der Waals surface area contributed by atoms with E-state index in [4.69, 9.17) is 29.4 Å². The largest absolute Gasteiger partial charge is 0.445 e. The van der Waals surface area contributed by atoms with E-state index in [1.807, 2.05) is 45.9 Å². The Kier molecular flexibility index (Phi) is 18.9. The van der Waals surface area contributed by atoms with Crippen LogP contribution in [0.5, 0.6) is 0 Å². The summed E-state index contributed by atoms with van der Waals surface area (Å²) < 4.78 is 28.2. The van der Waals surface area contributed by atoms with Crippen molar-refractivity contribution >= 4 is 6.09 Å². The molecule has 9 heteroatoms. The maximum Gasteiger partial charge on any atom is 0.404 e. The summed E-state index contributed by atoms with van der Waals surface area (Å²) in [7, 11) is 3.28. The molecule has 43 heavy (non-hydrogen) atoms. The zero-order valence-corrected chi connectivity index (χ0v) is 27.6. The minimum Gasteiger partial charge on any atom is -0.445 e. The second-order valence-electron chi connectivity index (χ2n) is 12.1. The van der Waals surface area contributed by atoms with Gasteiger partial charge < -0.3 is 39.6 Å². The smallest absolute Gasteiger partial charge is 0.404 e. The van der Waals surface area contributed by atoms with Crippen molar-refractivity contribution in [3.63, 3.8) is 0 Å². The molecule has 0 spiro atoms. The van der Waals surface area contributed by atoms with Crippen molar-refractivity contribution in [2.45, 2.75) is 104 Å². The van der Waals surface area contributed by atoms with Crippen LogP contribution < -0.4 is 5.73 Å². The molecule has 1 rings (SSSR count). The Labute approximate surface area is 260 Å². The number of amides is 1. The third-order valence-corrected chi connectivity index (χ3v) is 8.62. The standard InChI is InChI=1S/C34H59NO8/c1-10-11-16-24(4)31(43-34(35)38)25(5)28(36)19-14-12-17-22(2)30(37)23(3)18-13-15-20-29-26(6)32(41-21-39-8)27(7)33(40-9)42-29/h10-13,16-18,22-33,36-37H,1,14-15,19-21H2,2-9H3,(H2,35,38)/b16-11-,17-12-,18-13-/t22-,23-,24-,25-,26+,27+,28+,29-,30+,31-,32-,33+/m0/s1. The quantitative estimate of drug-likeness (QED) is 0.0902. The van der Waals surface area contributed by atoms with Gasteiger partial charge >= 0.3 is 6.09 Å². The third kappa shape index (κ3) is 13.3. The predicted molar refractivity (Wildman–Crippen MR) is 170 cm³/mol. The van der Waals surface area contributed by atoms with Gasteiger partial charge in [-0.05, 0) is 25.7 Å². The van der Waals surface area contributed by atoms with Gasteiger partial charge in [-0.3, -0.25) is 0 Å². The lowest BCUT2D eigenvalue weighted by molar-refractivity contribution is -0.271. The van der Waals surface area contributed by atoms with Gasteiger partial charge in [-0.25, -0.2) is 4.79 Å². The van der Waals surface area contributed by atoms with Crippen LogP contribution in [0.1, 0.15) is 67.2 Å². The lowest BCUT2D eigenvalue weighted by atomic mass is 9.84. The maximum atomic E-state index is 11.4. The van der Waals surface area contributed by atoms with E-state index in [1.165, 1.54) is 0 Å². The number of hydrogen-bond donors (Lipinski definition) is 3. The monoisotopic (exact) mass is 609 g/mol. The second-order valence-corrected chi connectivity index (χ2v) is 12.1. The van der Waals surface area contributed by atoms with Gasteiger partial charge in [0.2, 0.25) is 0 Å². The Bertz CT molecular complexity index is 876. The van der Waals surface area contributed by atoms with Gasteiger partial charge in [0.15, 0.2) is 6.29 Å². The van der Waals surface area contributed by atoms with Crippen molar-refractivity contribution in [3.05, 3.63) is 49.1 Å². The molecular weight excluding hydrogens is 550 g/mol. The normalized spacial score (nSPS) is 28.0. The van der Waals surface area contributed by atoms with Crippen molar-refractivity contribution in [1.29, 1.82) is 0 Å². The fourth-order valence-corrected chi connectivity index (χ4v) is 5.85. The summed E-state index contributed by atoms with van der Waals surface area (Å²) in [6, 6.07) is 0. The molecule has 0 aromatic carbocycles. The predicted octanol–water partition coefficient (Wildman–Crippen LogP) is 5.76. The SMILES string of the molecule is C=C/C=C\[C@H](C)[C@H](OC(N)=O)[C@@H](C)[C@H](O)CC/C=C\[C@H](C)[C@@H](O)[C@@H](C)/C=C\CC[C@@H]1O[C@@H](OC)[C@H](C)[C@@H](OCOC)[C@@H]1C. The molecule has 0 saturated carbocycles. The number of aliphatic hydroxyl groups excluding tert-OH is 2. The van der Waals surface area contributed by atoms with Gasteiger partial charge in [0, 0.05) is 49.7 Å². The molecule has 9 nitrogen and oxygen atoms in total. The second kappa shape index (κ2) is 20.9. The molecule has 0 aromatic rings. The molecule has 1 saturated heterocycles. The average Bonchev–Trinajstić information content (AvgIpc) is 2.98. The van der Waals surface area contributed by atoms with Gasteiger partial charge in [-0.1, -0.05) is 90.7 Å². The average molecular weight is 610 g/mol. The van der Waals surface area contributed by atoms with Crippen LogP contribution in [-0.2, 0) is 23.7 Å². The van der Waals surface area contributed by atoms with Gasteiger partial charge in [-0.15, -0.1) is 0 Å². The minimum atomic E-state index is -0.860. The van der Waals surface area contributed by atoms with Crippen LogP contribution in [0.3, 0.4) is 0 Å². The molecule has 0 bridgehead atoms. The van der Waals surface area contributed by atoms with Crippen LogP contribution in [0.4, 0.5) is 4.79 Å². The fourth-order valence-electron chi connectivity index (χ4n) is 5.85. The topological polar surface area (TPSA) is 130 Å². The Morgan fingerprint density at radius 3 is 2.16 bits per heavy atom. The lowest BCUT2D eigenvalue weighted by Crippen LogP contribution is -2.50. The molecule has 1 aliphatic heterocycles.